The van der Waals surface area contributed by atoms with Crippen LogP contribution in [0.25, 0.3) is 0 Å². The molecular formula is C19H42O2. The molecule has 0 aromatic heterocycles. The van der Waals surface area contributed by atoms with E-state index in [0.717, 1.165) is 12.8 Å². The Labute approximate surface area is 134 Å². The van der Waals surface area contributed by atoms with Gasteiger partial charge in [-0.05, 0) is 30.6 Å². The quantitative estimate of drug-likeness (QED) is 0.490. The molecule has 0 saturated carbocycles. The molecule has 0 radical (unpaired) electrons. The summed E-state index contributed by atoms with van der Waals surface area (Å²) in [6.45, 7) is 11.8. The van der Waals surface area contributed by atoms with Gasteiger partial charge in [-0.2, -0.15) is 0 Å². The predicted molar refractivity (Wildman–Crippen MR) is 94.6 cm³/mol. The summed E-state index contributed by atoms with van der Waals surface area (Å²) in [6.07, 6.45) is 12.5. The standard InChI is InChI=1S/C10H22O.C9H20O/c1-2-3-4-5-6-7-8-9-10-11;1-8(5-6-10)7-9(2,3)4/h11H,2-10H2,1H3;8,10H,5-7H2,1-4H3. The van der Waals surface area contributed by atoms with Crippen LogP contribution in [0.1, 0.15) is 98.8 Å². The molecule has 0 fully saturated rings. The number of hydrogen-bond donors (Lipinski definition) is 2. The van der Waals surface area contributed by atoms with Gasteiger partial charge in [-0.3, -0.25) is 0 Å². The summed E-state index contributed by atoms with van der Waals surface area (Å²) in [5, 5.41) is 17.1. The third kappa shape index (κ3) is 25.2. The van der Waals surface area contributed by atoms with Gasteiger partial charge in [0.15, 0.2) is 0 Å². The fraction of sp³-hybridized carbons (Fsp3) is 1.00. The zero-order chi connectivity index (χ0) is 16.6. The molecule has 0 amide bonds. The zero-order valence-electron chi connectivity index (χ0n) is 15.5. The third-order valence-electron chi connectivity index (χ3n) is 3.59. The van der Waals surface area contributed by atoms with Gasteiger partial charge in [-0.15, -0.1) is 0 Å². The first-order chi connectivity index (χ1) is 9.87. The van der Waals surface area contributed by atoms with Crippen molar-refractivity contribution in [3.8, 4) is 0 Å². The molecule has 2 nitrogen and oxygen atoms in total. The van der Waals surface area contributed by atoms with Gasteiger partial charge in [0.05, 0.1) is 0 Å². The predicted octanol–water partition coefficient (Wildman–Crippen LogP) is 5.56. The Morgan fingerprint density at radius 1 is 0.762 bits per heavy atom. The van der Waals surface area contributed by atoms with E-state index in [0.29, 0.717) is 24.5 Å². The van der Waals surface area contributed by atoms with E-state index in [2.05, 4.69) is 34.6 Å². The van der Waals surface area contributed by atoms with E-state index in [9.17, 15) is 0 Å². The highest BCUT2D eigenvalue weighted by molar-refractivity contribution is 4.65. The second kappa shape index (κ2) is 16.3. The number of unbranched alkanes of at least 4 members (excludes halogenated alkanes) is 7. The molecule has 0 heterocycles. The maximum Gasteiger partial charge on any atom is 0.0433 e. The van der Waals surface area contributed by atoms with Crippen LogP contribution in [0.2, 0.25) is 0 Å². The van der Waals surface area contributed by atoms with Crippen LogP contribution < -0.4 is 0 Å². The molecule has 21 heavy (non-hydrogen) atoms. The van der Waals surface area contributed by atoms with Crippen molar-refractivity contribution in [2.45, 2.75) is 98.8 Å². The SMILES string of the molecule is CC(CCO)CC(C)(C)C.CCCCCCCCCCO. The van der Waals surface area contributed by atoms with Crippen molar-refractivity contribution in [1.29, 1.82) is 0 Å². The van der Waals surface area contributed by atoms with Crippen molar-refractivity contribution in [3.05, 3.63) is 0 Å². The number of aliphatic hydroxyl groups is 2. The lowest BCUT2D eigenvalue weighted by Gasteiger charge is -2.22. The monoisotopic (exact) mass is 302 g/mol. The van der Waals surface area contributed by atoms with Gasteiger partial charge in [0, 0.05) is 13.2 Å². The molecule has 0 aromatic carbocycles. The summed E-state index contributed by atoms with van der Waals surface area (Å²) in [5.41, 5.74) is 0.411. The molecule has 0 saturated heterocycles. The van der Waals surface area contributed by atoms with E-state index in [1.165, 1.54) is 51.4 Å². The number of hydrogen-bond acceptors (Lipinski definition) is 2. The van der Waals surface area contributed by atoms with Crippen molar-refractivity contribution in [2.75, 3.05) is 13.2 Å². The van der Waals surface area contributed by atoms with Gasteiger partial charge >= 0.3 is 0 Å². The number of aliphatic hydroxyl groups excluding tert-OH is 2. The summed E-state index contributed by atoms with van der Waals surface area (Å²) < 4.78 is 0. The first-order valence-electron chi connectivity index (χ1n) is 9.09. The second-order valence-corrected chi connectivity index (χ2v) is 7.58. The van der Waals surface area contributed by atoms with Gasteiger partial charge in [0.2, 0.25) is 0 Å². The Morgan fingerprint density at radius 3 is 1.62 bits per heavy atom. The van der Waals surface area contributed by atoms with Gasteiger partial charge in [0.1, 0.15) is 0 Å². The second-order valence-electron chi connectivity index (χ2n) is 7.58. The highest BCUT2D eigenvalue weighted by Crippen LogP contribution is 2.25. The molecule has 0 aliphatic carbocycles. The maximum absolute atomic E-state index is 8.63. The van der Waals surface area contributed by atoms with E-state index in [1.807, 2.05) is 0 Å². The van der Waals surface area contributed by atoms with Crippen LogP contribution in [-0.2, 0) is 0 Å². The first kappa shape index (κ1) is 23.2. The molecule has 0 bridgehead atoms. The van der Waals surface area contributed by atoms with Gasteiger partial charge < -0.3 is 10.2 Å². The first-order valence-corrected chi connectivity index (χ1v) is 9.09. The molecule has 1 unspecified atom stereocenters. The van der Waals surface area contributed by atoms with E-state index in [-0.39, 0.29) is 0 Å². The van der Waals surface area contributed by atoms with E-state index < -0.39 is 0 Å². The molecule has 0 spiro atoms. The summed E-state index contributed by atoms with van der Waals surface area (Å²) >= 11 is 0. The van der Waals surface area contributed by atoms with E-state index in [4.69, 9.17) is 10.2 Å². The van der Waals surface area contributed by atoms with Gasteiger partial charge in [-0.25, -0.2) is 0 Å². The highest BCUT2D eigenvalue weighted by atomic mass is 16.3. The molecule has 0 aromatic rings. The van der Waals surface area contributed by atoms with Gasteiger partial charge in [-0.1, -0.05) is 79.6 Å². The summed E-state index contributed by atoms with van der Waals surface area (Å²) in [6, 6.07) is 0. The van der Waals surface area contributed by atoms with Crippen molar-refractivity contribution in [1.82, 2.24) is 0 Å². The topological polar surface area (TPSA) is 40.5 Å². The zero-order valence-corrected chi connectivity index (χ0v) is 15.5. The van der Waals surface area contributed by atoms with Crippen LogP contribution >= 0.6 is 0 Å². The Hall–Kier alpha value is -0.0800. The Balaban J connectivity index is 0. The maximum atomic E-state index is 8.63. The lowest BCUT2D eigenvalue weighted by Crippen LogP contribution is -2.11. The van der Waals surface area contributed by atoms with Crippen LogP contribution in [0.5, 0.6) is 0 Å². The summed E-state index contributed by atoms with van der Waals surface area (Å²) in [7, 11) is 0. The molecule has 1 atom stereocenters. The fourth-order valence-corrected chi connectivity index (χ4v) is 2.61. The number of rotatable bonds is 11. The largest absolute Gasteiger partial charge is 0.396 e. The molecule has 2 N–H and O–H groups in total. The lowest BCUT2D eigenvalue weighted by molar-refractivity contribution is 0.227. The van der Waals surface area contributed by atoms with Crippen LogP contribution in [0, 0.1) is 11.3 Å². The molecular weight excluding hydrogens is 260 g/mol. The molecule has 0 aliphatic heterocycles. The molecule has 130 valence electrons. The Bertz CT molecular complexity index is 176. The van der Waals surface area contributed by atoms with Crippen molar-refractivity contribution < 1.29 is 10.2 Å². The highest BCUT2D eigenvalue weighted by Gasteiger charge is 2.14. The Kier molecular flexibility index (Phi) is 18.0. The molecule has 2 heteroatoms. The smallest absolute Gasteiger partial charge is 0.0433 e. The normalized spacial score (nSPS) is 12.7. The average molecular weight is 303 g/mol. The van der Waals surface area contributed by atoms with Gasteiger partial charge in [0.25, 0.3) is 0 Å². The Morgan fingerprint density at radius 2 is 1.24 bits per heavy atom. The average Bonchev–Trinajstić information content (AvgIpc) is 2.37. The van der Waals surface area contributed by atoms with Crippen molar-refractivity contribution in [2.24, 2.45) is 11.3 Å². The van der Waals surface area contributed by atoms with E-state index in [1.54, 1.807) is 0 Å². The van der Waals surface area contributed by atoms with Crippen LogP contribution in [0.3, 0.4) is 0 Å². The third-order valence-corrected chi connectivity index (χ3v) is 3.59. The summed E-state index contributed by atoms with van der Waals surface area (Å²) in [4.78, 5) is 0. The fourth-order valence-electron chi connectivity index (χ4n) is 2.61. The summed E-state index contributed by atoms with van der Waals surface area (Å²) in [5.74, 6) is 0.657. The van der Waals surface area contributed by atoms with Crippen LogP contribution in [0.15, 0.2) is 0 Å². The minimum absolute atomic E-state index is 0.331. The van der Waals surface area contributed by atoms with Crippen molar-refractivity contribution >= 4 is 0 Å². The van der Waals surface area contributed by atoms with Crippen LogP contribution in [0.4, 0.5) is 0 Å². The van der Waals surface area contributed by atoms with Crippen LogP contribution in [-0.4, -0.2) is 23.4 Å². The molecule has 0 rings (SSSR count). The minimum atomic E-state index is 0.331. The van der Waals surface area contributed by atoms with Crippen molar-refractivity contribution in [3.63, 3.8) is 0 Å². The minimum Gasteiger partial charge on any atom is -0.396 e. The van der Waals surface area contributed by atoms with E-state index >= 15 is 0 Å². The molecule has 0 aliphatic rings. The lowest BCUT2D eigenvalue weighted by atomic mass is 9.84.